The van der Waals surface area contributed by atoms with E-state index in [0.29, 0.717) is 17.3 Å². The van der Waals surface area contributed by atoms with E-state index < -0.39 is 24.2 Å². The highest BCUT2D eigenvalue weighted by molar-refractivity contribution is 5.69. The molecule has 0 radical (unpaired) electrons. The Bertz CT molecular complexity index is 1170. The Balaban J connectivity index is 1.81. The third-order valence-corrected chi connectivity index (χ3v) is 4.18. The summed E-state index contributed by atoms with van der Waals surface area (Å²) in [7, 11) is 0. The van der Waals surface area contributed by atoms with Crippen LogP contribution in [0.3, 0.4) is 0 Å². The molecule has 0 aliphatic carbocycles. The second-order valence-electron chi connectivity index (χ2n) is 5.95. The molecule has 144 valence electrons. The molecule has 3 heterocycles. The van der Waals surface area contributed by atoms with Gasteiger partial charge in [0, 0.05) is 17.3 Å². The van der Waals surface area contributed by atoms with Crippen LogP contribution in [-0.4, -0.2) is 24.7 Å². The molecule has 2 N–H and O–H groups in total. The number of aromatic nitrogens is 5. The van der Waals surface area contributed by atoms with Gasteiger partial charge in [-0.05, 0) is 24.6 Å². The fraction of sp³-hybridized carbons (Fsp3) is 0.176. The van der Waals surface area contributed by atoms with Gasteiger partial charge < -0.3 is 10.3 Å². The summed E-state index contributed by atoms with van der Waals surface area (Å²) in [5.74, 6) is 0.160. The molecule has 3 aromatic heterocycles. The van der Waals surface area contributed by atoms with E-state index in [4.69, 9.17) is 10.3 Å². The van der Waals surface area contributed by atoms with E-state index in [1.165, 1.54) is 6.07 Å². The Labute approximate surface area is 154 Å². The summed E-state index contributed by atoms with van der Waals surface area (Å²) in [5, 5.41) is 7.82. The highest BCUT2D eigenvalue weighted by Crippen LogP contribution is 2.29. The summed E-state index contributed by atoms with van der Waals surface area (Å²) in [6, 6.07) is 7.04. The van der Waals surface area contributed by atoms with Crippen molar-refractivity contribution in [3.8, 4) is 23.0 Å². The van der Waals surface area contributed by atoms with Gasteiger partial charge in [0.2, 0.25) is 5.82 Å². The van der Waals surface area contributed by atoms with Crippen LogP contribution in [0.2, 0.25) is 0 Å². The molecule has 0 aliphatic heterocycles. The number of hydrogen-bond donors (Lipinski definition) is 1. The number of alkyl halides is 4. The number of fused-ring (bicyclic) bond motifs is 1. The summed E-state index contributed by atoms with van der Waals surface area (Å²) < 4.78 is 58.4. The van der Waals surface area contributed by atoms with Crippen LogP contribution in [0.1, 0.15) is 29.8 Å². The molecular formula is C17H12F4N6O. The highest BCUT2D eigenvalue weighted by Gasteiger charge is 2.22. The van der Waals surface area contributed by atoms with E-state index in [1.54, 1.807) is 25.1 Å². The molecule has 1 aromatic carbocycles. The maximum atomic E-state index is 13.3. The SMILES string of the molecule is Cc1c(N)cccc1-c1noc(-c2cc3nc(C(F)F)cc(C(F)F)n3n2)n1. The Morgan fingerprint density at radius 3 is 2.57 bits per heavy atom. The fourth-order valence-electron chi connectivity index (χ4n) is 2.72. The van der Waals surface area contributed by atoms with Crippen molar-refractivity contribution in [2.24, 2.45) is 0 Å². The third kappa shape index (κ3) is 2.94. The zero-order chi connectivity index (χ0) is 20.0. The minimum Gasteiger partial charge on any atom is -0.398 e. The van der Waals surface area contributed by atoms with Gasteiger partial charge in [-0.1, -0.05) is 17.3 Å². The zero-order valence-corrected chi connectivity index (χ0v) is 14.3. The van der Waals surface area contributed by atoms with Gasteiger partial charge in [-0.3, -0.25) is 0 Å². The van der Waals surface area contributed by atoms with Crippen LogP contribution in [0.15, 0.2) is 34.9 Å². The van der Waals surface area contributed by atoms with E-state index >= 15 is 0 Å². The third-order valence-electron chi connectivity index (χ3n) is 4.18. The van der Waals surface area contributed by atoms with Crippen molar-refractivity contribution in [2.45, 2.75) is 19.8 Å². The smallest absolute Gasteiger partial charge is 0.280 e. The van der Waals surface area contributed by atoms with Crippen molar-refractivity contribution < 1.29 is 22.1 Å². The molecule has 28 heavy (non-hydrogen) atoms. The predicted octanol–water partition coefficient (Wildman–Crippen LogP) is 4.21. The lowest BCUT2D eigenvalue weighted by Gasteiger charge is -2.06. The van der Waals surface area contributed by atoms with E-state index in [1.807, 2.05) is 0 Å². The number of hydrogen-bond acceptors (Lipinski definition) is 6. The fourth-order valence-corrected chi connectivity index (χ4v) is 2.72. The zero-order valence-electron chi connectivity index (χ0n) is 14.3. The summed E-state index contributed by atoms with van der Waals surface area (Å²) >= 11 is 0. The average molecular weight is 392 g/mol. The number of nitrogen functional groups attached to an aromatic ring is 1. The van der Waals surface area contributed by atoms with Crippen molar-refractivity contribution in [1.82, 2.24) is 24.7 Å². The molecule has 4 rings (SSSR count). The van der Waals surface area contributed by atoms with Gasteiger partial charge in [0.15, 0.2) is 11.3 Å². The normalized spacial score (nSPS) is 11.8. The van der Waals surface area contributed by atoms with E-state index in [0.717, 1.165) is 10.1 Å². The molecule has 0 bridgehead atoms. The van der Waals surface area contributed by atoms with E-state index in [9.17, 15) is 17.6 Å². The van der Waals surface area contributed by atoms with Crippen LogP contribution >= 0.6 is 0 Å². The molecule has 0 unspecified atom stereocenters. The topological polar surface area (TPSA) is 95.1 Å². The predicted molar refractivity (Wildman–Crippen MR) is 90.8 cm³/mol. The van der Waals surface area contributed by atoms with Gasteiger partial charge in [-0.25, -0.2) is 27.1 Å². The monoisotopic (exact) mass is 392 g/mol. The van der Waals surface area contributed by atoms with E-state index in [2.05, 4.69) is 20.2 Å². The maximum absolute atomic E-state index is 13.3. The van der Waals surface area contributed by atoms with Gasteiger partial charge in [0.1, 0.15) is 11.4 Å². The van der Waals surface area contributed by atoms with E-state index in [-0.39, 0.29) is 23.1 Å². The minimum atomic E-state index is -3.02. The number of benzene rings is 1. The highest BCUT2D eigenvalue weighted by atomic mass is 19.3. The molecule has 7 nitrogen and oxygen atoms in total. The summed E-state index contributed by atoms with van der Waals surface area (Å²) in [6.45, 7) is 1.79. The first-order valence-electron chi connectivity index (χ1n) is 8.01. The second kappa shape index (κ2) is 6.59. The van der Waals surface area contributed by atoms with Gasteiger partial charge in [0.25, 0.3) is 18.7 Å². The molecule has 0 saturated heterocycles. The van der Waals surface area contributed by atoms with Gasteiger partial charge >= 0.3 is 0 Å². The molecule has 4 aromatic rings. The second-order valence-corrected chi connectivity index (χ2v) is 5.95. The molecule has 0 spiro atoms. The standard InChI is InChI=1S/C17H12F4N6O/c1-7-8(3-2-4-9(7)22)16-24-17(28-26-16)11-6-13-23-10(14(18)19)5-12(15(20)21)27(13)25-11/h2-6,14-15H,22H2,1H3. The van der Waals surface area contributed by atoms with Gasteiger partial charge in [-0.2, -0.15) is 10.1 Å². The molecule has 11 heteroatoms. The molecule has 0 atom stereocenters. The van der Waals surface area contributed by atoms with Crippen molar-refractivity contribution in [3.05, 3.63) is 47.3 Å². The van der Waals surface area contributed by atoms with Crippen molar-refractivity contribution in [2.75, 3.05) is 5.73 Å². The first kappa shape index (κ1) is 17.9. The molecule has 0 aliphatic rings. The quantitative estimate of drug-likeness (QED) is 0.413. The molecule has 0 saturated carbocycles. The summed E-state index contributed by atoms with van der Waals surface area (Å²) in [4.78, 5) is 7.87. The van der Waals surface area contributed by atoms with Crippen LogP contribution in [0.4, 0.5) is 23.2 Å². The lowest BCUT2D eigenvalue weighted by molar-refractivity contribution is 0.135. The largest absolute Gasteiger partial charge is 0.398 e. The summed E-state index contributed by atoms with van der Waals surface area (Å²) in [5.41, 5.74) is 6.16. The Hall–Kier alpha value is -3.50. The lowest BCUT2D eigenvalue weighted by Crippen LogP contribution is -2.04. The van der Waals surface area contributed by atoms with Crippen LogP contribution in [-0.2, 0) is 0 Å². The molecule has 0 fully saturated rings. The molecule has 0 amide bonds. The lowest BCUT2D eigenvalue weighted by atomic mass is 10.1. The minimum absolute atomic E-state index is 0.0288. The summed E-state index contributed by atoms with van der Waals surface area (Å²) in [6.07, 6.45) is -6.02. The number of nitrogens with two attached hydrogens (primary N) is 1. The van der Waals surface area contributed by atoms with Crippen molar-refractivity contribution in [1.29, 1.82) is 0 Å². The van der Waals surface area contributed by atoms with Crippen molar-refractivity contribution >= 4 is 11.3 Å². The van der Waals surface area contributed by atoms with Gasteiger partial charge in [-0.15, -0.1) is 0 Å². The molecular weight excluding hydrogens is 380 g/mol. The van der Waals surface area contributed by atoms with Crippen LogP contribution in [0.5, 0.6) is 0 Å². The van der Waals surface area contributed by atoms with Crippen LogP contribution in [0, 0.1) is 6.92 Å². The number of nitrogens with zero attached hydrogens (tertiary/aromatic N) is 5. The number of anilines is 1. The van der Waals surface area contributed by atoms with Gasteiger partial charge in [0.05, 0.1) is 0 Å². The van der Waals surface area contributed by atoms with Crippen LogP contribution < -0.4 is 5.73 Å². The maximum Gasteiger partial charge on any atom is 0.280 e. The first-order chi connectivity index (χ1) is 13.3. The average Bonchev–Trinajstić information content (AvgIpc) is 3.29. The Morgan fingerprint density at radius 2 is 1.86 bits per heavy atom. The number of rotatable bonds is 4. The van der Waals surface area contributed by atoms with Crippen molar-refractivity contribution in [3.63, 3.8) is 0 Å². The Morgan fingerprint density at radius 1 is 1.07 bits per heavy atom. The Kier molecular flexibility index (Phi) is 4.21. The van der Waals surface area contributed by atoms with Crippen LogP contribution in [0.25, 0.3) is 28.6 Å². The first-order valence-corrected chi connectivity index (χ1v) is 8.01. The number of halogens is 4.